The Morgan fingerprint density at radius 2 is 1.58 bits per heavy atom. The lowest BCUT2D eigenvalue weighted by Gasteiger charge is -2.17. The molecule has 2 unspecified atom stereocenters. The van der Waals surface area contributed by atoms with Crippen LogP contribution in [-0.4, -0.2) is 0 Å². The fourth-order valence-electron chi connectivity index (χ4n) is 1.44. The van der Waals surface area contributed by atoms with Crippen molar-refractivity contribution in [3.05, 3.63) is 11.1 Å². The second kappa shape index (κ2) is 5.40. The van der Waals surface area contributed by atoms with Gasteiger partial charge in [-0.1, -0.05) is 38.3 Å². The van der Waals surface area contributed by atoms with Crippen LogP contribution in [0.15, 0.2) is 11.1 Å². The monoisotopic (exact) mass is 168 g/mol. The molecule has 0 spiro atoms. The summed E-state index contributed by atoms with van der Waals surface area (Å²) < 4.78 is 0. The van der Waals surface area contributed by atoms with Crippen molar-refractivity contribution in [3.8, 4) is 0 Å². The first-order chi connectivity index (χ1) is 5.49. The molecule has 0 fully saturated rings. The molecule has 0 radical (unpaired) electrons. The minimum Gasteiger partial charge on any atom is -0.0772 e. The van der Waals surface area contributed by atoms with Gasteiger partial charge < -0.3 is 0 Å². The fraction of sp³-hybridized carbons (Fsp3) is 0.833. The highest BCUT2D eigenvalue weighted by atomic mass is 14.1. The number of allylic oxidation sites excluding steroid dienone is 2. The normalized spacial score (nSPS) is 15.5. The zero-order valence-corrected chi connectivity index (χ0v) is 9.57. The predicted molar refractivity (Wildman–Crippen MR) is 57.3 cm³/mol. The second-order valence-corrected chi connectivity index (χ2v) is 4.33. The van der Waals surface area contributed by atoms with Gasteiger partial charge in [0.25, 0.3) is 0 Å². The first-order valence-electron chi connectivity index (χ1n) is 5.13. The Morgan fingerprint density at radius 1 is 1.08 bits per heavy atom. The molecule has 0 N–H and O–H groups in total. The van der Waals surface area contributed by atoms with Crippen molar-refractivity contribution in [3.63, 3.8) is 0 Å². The highest BCUT2D eigenvalue weighted by molar-refractivity contribution is 5.09. The van der Waals surface area contributed by atoms with Crippen LogP contribution >= 0.6 is 0 Å². The quantitative estimate of drug-likeness (QED) is 0.545. The van der Waals surface area contributed by atoms with Crippen LogP contribution in [0, 0.1) is 11.8 Å². The van der Waals surface area contributed by atoms with E-state index in [9.17, 15) is 0 Å². The smallest absolute Gasteiger partial charge is 0.0229 e. The van der Waals surface area contributed by atoms with Crippen molar-refractivity contribution >= 4 is 0 Å². The molecule has 0 heterocycles. The summed E-state index contributed by atoms with van der Waals surface area (Å²) in [5.41, 5.74) is 3.07. The summed E-state index contributed by atoms with van der Waals surface area (Å²) in [6, 6.07) is 0. The van der Waals surface area contributed by atoms with E-state index in [4.69, 9.17) is 0 Å². The number of hydrogen-bond acceptors (Lipinski definition) is 0. The van der Waals surface area contributed by atoms with Gasteiger partial charge >= 0.3 is 0 Å². The van der Waals surface area contributed by atoms with E-state index in [0.29, 0.717) is 0 Å². The molecule has 12 heavy (non-hydrogen) atoms. The van der Waals surface area contributed by atoms with Crippen molar-refractivity contribution in [2.75, 3.05) is 0 Å². The molecule has 0 heteroatoms. The standard InChI is InChI=1S/C12H24/c1-7-10(4)8-11(5)12(6)9(2)3/h10-11H,7-8H2,1-6H3. The van der Waals surface area contributed by atoms with Crippen LogP contribution in [0.25, 0.3) is 0 Å². The molecule has 0 saturated carbocycles. The van der Waals surface area contributed by atoms with Gasteiger partial charge in [-0.05, 0) is 39.0 Å². The molecule has 0 aliphatic carbocycles. The van der Waals surface area contributed by atoms with Crippen LogP contribution in [0.4, 0.5) is 0 Å². The van der Waals surface area contributed by atoms with Gasteiger partial charge in [0.1, 0.15) is 0 Å². The van der Waals surface area contributed by atoms with Crippen molar-refractivity contribution < 1.29 is 0 Å². The Balaban J connectivity index is 4.04. The van der Waals surface area contributed by atoms with E-state index in [0.717, 1.165) is 11.8 Å². The second-order valence-electron chi connectivity index (χ2n) is 4.33. The molecular formula is C12H24. The van der Waals surface area contributed by atoms with Crippen molar-refractivity contribution in [1.82, 2.24) is 0 Å². The van der Waals surface area contributed by atoms with E-state index in [1.165, 1.54) is 18.4 Å². The van der Waals surface area contributed by atoms with Gasteiger partial charge in [0, 0.05) is 0 Å². The third-order valence-electron chi connectivity index (χ3n) is 2.98. The molecule has 0 aromatic heterocycles. The van der Waals surface area contributed by atoms with Gasteiger partial charge in [0.15, 0.2) is 0 Å². The van der Waals surface area contributed by atoms with Crippen molar-refractivity contribution in [2.45, 2.75) is 54.4 Å². The number of rotatable bonds is 4. The Morgan fingerprint density at radius 3 is 1.92 bits per heavy atom. The molecular weight excluding hydrogens is 144 g/mol. The number of hydrogen-bond donors (Lipinski definition) is 0. The third kappa shape index (κ3) is 3.94. The average Bonchev–Trinajstić information content (AvgIpc) is 2.02. The van der Waals surface area contributed by atoms with E-state index in [1.807, 2.05) is 0 Å². The van der Waals surface area contributed by atoms with Crippen LogP contribution in [0.3, 0.4) is 0 Å². The van der Waals surface area contributed by atoms with E-state index in [1.54, 1.807) is 5.57 Å². The Kier molecular flexibility index (Phi) is 5.28. The molecule has 0 aliphatic heterocycles. The molecule has 0 amide bonds. The van der Waals surface area contributed by atoms with Crippen molar-refractivity contribution in [2.24, 2.45) is 11.8 Å². The van der Waals surface area contributed by atoms with Crippen LogP contribution < -0.4 is 0 Å². The van der Waals surface area contributed by atoms with Gasteiger partial charge in [0.05, 0.1) is 0 Å². The van der Waals surface area contributed by atoms with E-state index < -0.39 is 0 Å². The molecule has 0 rings (SSSR count). The predicted octanol–water partition coefficient (Wildman–Crippen LogP) is 4.42. The summed E-state index contributed by atoms with van der Waals surface area (Å²) in [5.74, 6) is 1.64. The summed E-state index contributed by atoms with van der Waals surface area (Å²) in [6.07, 6.45) is 2.65. The molecule has 0 nitrogen and oxygen atoms in total. The van der Waals surface area contributed by atoms with E-state index in [2.05, 4.69) is 41.5 Å². The highest BCUT2D eigenvalue weighted by Gasteiger charge is 2.09. The van der Waals surface area contributed by atoms with Crippen LogP contribution in [0.2, 0.25) is 0 Å². The van der Waals surface area contributed by atoms with Gasteiger partial charge in [-0.2, -0.15) is 0 Å². The van der Waals surface area contributed by atoms with Crippen LogP contribution in [0.5, 0.6) is 0 Å². The third-order valence-corrected chi connectivity index (χ3v) is 2.98. The molecule has 0 aromatic rings. The zero-order valence-electron chi connectivity index (χ0n) is 9.57. The maximum absolute atomic E-state index is 2.34. The first kappa shape index (κ1) is 11.7. The minimum atomic E-state index is 0.768. The Hall–Kier alpha value is -0.260. The summed E-state index contributed by atoms with van der Waals surface area (Å²) in [6.45, 7) is 13.6. The Labute approximate surface area is 78.1 Å². The lowest BCUT2D eigenvalue weighted by atomic mass is 9.88. The maximum atomic E-state index is 2.34. The molecule has 0 aromatic carbocycles. The first-order valence-corrected chi connectivity index (χ1v) is 5.13. The fourth-order valence-corrected chi connectivity index (χ4v) is 1.44. The van der Waals surface area contributed by atoms with Gasteiger partial charge in [-0.15, -0.1) is 0 Å². The lowest BCUT2D eigenvalue weighted by molar-refractivity contribution is 0.440. The van der Waals surface area contributed by atoms with Crippen molar-refractivity contribution in [1.29, 1.82) is 0 Å². The summed E-state index contributed by atoms with van der Waals surface area (Å²) >= 11 is 0. The van der Waals surface area contributed by atoms with E-state index in [-0.39, 0.29) is 0 Å². The Bertz CT molecular complexity index is 149. The van der Waals surface area contributed by atoms with Gasteiger partial charge in [-0.25, -0.2) is 0 Å². The van der Waals surface area contributed by atoms with Gasteiger partial charge in [-0.3, -0.25) is 0 Å². The zero-order chi connectivity index (χ0) is 9.72. The SMILES string of the molecule is CCC(C)CC(C)C(C)=C(C)C. The maximum Gasteiger partial charge on any atom is -0.0229 e. The largest absolute Gasteiger partial charge is 0.0772 e. The molecule has 0 aliphatic rings. The molecule has 0 saturated heterocycles. The topological polar surface area (TPSA) is 0 Å². The molecule has 0 bridgehead atoms. The minimum absolute atomic E-state index is 0.768. The molecule has 72 valence electrons. The summed E-state index contributed by atoms with van der Waals surface area (Å²) in [5, 5.41) is 0. The van der Waals surface area contributed by atoms with Crippen LogP contribution in [0.1, 0.15) is 54.4 Å². The average molecular weight is 168 g/mol. The molecule has 2 atom stereocenters. The van der Waals surface area contributed by atoms with Gasteiger partial charge in [0.2, 0.25) is 0 Å². The highest BCUT2D eigenvalue weighted by Crippen LogP contribution is 2.23. The lowest BCUT2D eigenvalue weighted by Crippen LogP contribution is -2.04. The summed E-state index contributed by atoms with van der Waals surface area (Å²) in [7, 11) is 0. The van der Waals surface area contributed by atoms with E-state index >= 15 is 0 Å². The van der Waals surface area contributed by atoms with Crippen LogP contribution in [-0.2, 0) is 0 Å². The summed E-state index contributed by atoms with van der Waals surface area (Å²) in [4.78, 5) is 0.